The Labute approximate surface area is 144 Å². The predicted octanol–water partition coefficient (Wildman–Crippen LogP) is 6.16. The Morgan fingerprint density at radius 2 is 1.00 bits per heavy atom. The van der Waals surface area contributed by atoms with Crippen LogP contribution in [-0.2, 0) is 0 Å². The van der Waals surface area contributed by atoms with Crippen LogP contribution in [0.5, 0.6) is 17.2 Å². The molecule has 0 radical (unpaired) electrons. The van der Waals surface area contributed by atoms with Crippen molar-refractivity contribution < 1.29 is 14.0 Å². The summed E-state index contributed by atoms with van der Waals surface area (Å²) < 4.78 is 12.6. The largest absolute Gasteiger partial charge is 0.543 e. The maximum atomic E-state index is 10.1. The van der Waals surface area contributed by atoms with E-state index in [0.717, 1.165) is 0 Å². The Morgan fingerprint density at radius 1 is 0.696 bits per heavy atom. The molecule has 1 rings (SSSR count). The molecule has 0 saturated carbocycles. The molecule has 132 valence electrons. The lowest BCUT2D eigenvalue weighted by atomic mass is 10.2. The summed E-state index contributed by atoms with van der Waals surface area (Å²) in [6, 6.07) is 5.28. The Morgan fingerprint density at radius 3 is 1.26 bits per heavy atom. The molecule has 0 spiro atoms. The average Bonchev–Trinajstić information content (AvgIpc) is 2.22. The molecule has 0 aliphatic heterocycles. The van der Waals surface area contributed by atoms with Gasteiger partial charge in [-0.3, -0.25) is 0 Å². The summed E-state index contributed by atoms with van der Waals surface area (Å²) in [5.41, 5.74) is 0. The van der Waals surface area contributed by atoms with Crippen molar-refractivity contribution in [3.8, 4) is 17.2 Å². The first-order valence-corrected chi connectivity index (χ1v) is 14.1. The number of hydrogen-bond acceptors (Lipinski definition) is 3. The quantitative estimate of drug-likeness (QED) is 0.658. The van der Waals surface area contributed by atoms with Crippen molar-refractivity contribution in [3.63, 3.8) is 0 Å². The van der Waals surface area contributed by atoms with Crippen molar-refractivity contribution in [1.29, 1.82) is 0 Å². The summed E-state index contributed by atoms with van der Waals surface area (Å²) in [4.78, 5) is 0. The Balaban J connectivity index is 3.10. The SMILES string of the molecule is CC(C)(C)[Si](C)(C)Oc1cc(O)cc(O[Si](C)(C)C(C)(C)C)c1. The van der Waals surface area contributed by atoms with E-state index in [1.54, 1.807) is 12.1 Å². The number of benzene rings is 1. The van der Waals surface area contributed by atoms with E-state index < -0.39 is 16.6 Å². The van der Waals surface area contributed by atoms with Gasteiger partial charge in [0.2, 0.25) is 16.6 Å². The number of hydrogen-bond donors (Lipinski definition) is 1. The third-order valence-electron chi connectivity index (χ3n) is 5.22. The van der Waals surface area contributed by atoms with E-state index >= 15 is 0 Å². The second-order valence-corrected chi connectivity index (χ2v) is 18.8. The molecule has 0 atom stereocenters. The molecule has 0 heterocycles. The van der Waals surface area contributed by atoms with Crippen LogP contribution < -0.4 is 8.85 Å². The zero-order valence-electron chi connectivity index (χ0n) is 16.5. The van der Waals surface area contributed by atoms with E-state index in [-0.39, 0.29) is 15.8 Å². The zero-order valence-corrected chi connectivity index (χ0v) is 18.5. The van der Waals surface area contributed by atoms with E-state index in [9.17, 15) is 5.11 Å². The topological polar surface area (TPSA) is 38.7 Å². The smallest absolute Gasteiger partial charge is 0.250 e. The fraction of sp³-hybridized carbons (Fsp3) is 0.667. The van der Waals surface area contributed by atoms with Gasteiger partial charge in [-0.25, -0.2) is 0 Å². The molecule has 0 fully saturated rings. The fourth-order valence-electron chi connectivity index (χ4n) is 1.57. The predicted molar refractivity (Wildman–Crippen MR) is 104 cm³/mol. The highest BCUT2D eigenvalue weighted by molar-refractivity contribution is 6.75. The number of phenols is 1. The van der Waals surface area contributed by atoms with Crippen molar-refractivity contribution in [2.75, 3.05) is 0 Å². The van der Waals surface area contributed by atoms with Gasteiger partial charge in [0.15, 0.2) is 0 Å². The molecule has 0 saturated heterocycles. The maximum absolute atomic E-state index is 10.1. The Kier molecular flexibility index (Phi) is 5.39. The summed E-state index contributed by atoms with van der Waals surface area (Å²) in [6.07, 6.45) is 0. The van der Waals surface area contributed by atoms with Crippen LogP contribution in [0.3, 0.4) is 0 Å². The van der Waals surface area contributed by atoms with Gasteiger partial charge in [0.05, 0.1) is 0 Å². The van der Waals surface area contributed by atoms with Gasteiger partial charge in [0, 0.05) is 18.2 Å². The molecule has 0 aliphatic rings. The van der Waals surface area contributed by atoms with Crippen molar-refractivity contribution in [3.05, 3.63) is 18.2 Å². The molecule has 0 aliphatic carbocycles. The normalized spacial score (nSPS) is 13.8. The van der Waals surface area contributed by atoms with Crippen LogP contribution in [0.25, 0.3) is 0 Å². The molecule has 1 aromatic rings. The molecule has 5 heteroatoms. The van der Waals surface area contributed by atoms with Gasteiger partial charge in [0.25, 0.3) is 0 Å². The highest BCUT2D eigenvalue weighted by Gasteiger charge is 2.40. The third-order valence-corrected chi connectivity index (χ3v) is 13.9. The number of rotatable bonds is 4. The van der Waals surface area contributed by atoms with E-state index in [1.807, 2.05) is 6.07 Å². The van der Waals surface area contributed by atoms with Gasteiger partial charge >= 0.3 is 0 Å². The van der Waals surface area contributed by atoms with Gasteiger partial charge in [-0.15, -0.1) is 0 Å². The van der Waals surface area contributed by atoms with Gasteiger partial charge in [-0.1, -0.05) is 41.5 Å². The third kappa shape index (κ3) is 5.01. The number of aromatic hydroxyl groups is 1. The molecular weight excluding hydrogens is 320 g/mol. The van der Waals surface area contributed by atoms with E-state index in [0.29, 0.717) is 11.5 Å². The minimum atomic E-state index is -1.94. The summed E-state index contributed by atoms with van der Waals surface area (Å²) in [6.45, 7) is 22.0. The molecule has 0 amide bonds. The molecule has 0 unspecified atom stereocenters. The first-order chi connectivity index (χ1) is 10.1. The summed E-state index contributed by atoms with van der Waals surface area (Å²) >= 11 is 0. The Bertz CT molecular complexity index is 506. The van der Waals surface area contributed by atoms with Gasteiger partial charge in [-0.2, -0.15) is 0 Å². The van der Waals surface area contributed by atoms with Crippen LogP contribution in [0.2, 0.25) is 36.3 Å². The highest BCUT2D eigenvalue weighted by Crippen LogP contribution is 2.41. The van der Waals surface area contributed by atoms with E-state index in [2.05, 4.69) is 67.7 Å². The highest BCUT2D eigenvalue weighted by atomic mass is 28.4. The molecule has 0 bridgehead atoms. The van der Waals surface area contributed by atoms with Crippen molar-refractivity contribution >= 4 is 16.6 Å². The van der Waals surface area contributed by atoms with Crippen LogP contribution in [0.1, 0.15) is 41.5 Å². The molecule has 1 N–H and O–H groups in total. The molecule has 23 heavy (non-hydrogen) atoms. The maximum Gasteiger partial charge on any atom is 0.250 e. The van der Waals surface area contributed by atoms with Crippen molar-refractivity contribution in [1.82, 2.24) is 0 Å². The summed E-state index contributed by atoms with van der Waals surface area (Å²) in [5.74, 6) is 1.59. The minimum absolute atomic E-state index is 0.110. The molecular formula is C18H34O3Si2. The fourth-order valence-corrected chi connectivity index (χ4v) is 3.60. The van der Waals surface area contributed by atoms with Gasteiger partial charge in [-0.05, 0) is 36.3 Å². The second-order valence-electron chi connectivity index (χ2n) is 9.39. The minimum Gasteiger partial charge on any atom is -0.543 e. The van der Waals surface area contributed by atoms with Crippen molar-refractivity contribution in [2.24, 2.45) is 0 Å². The molecule has 1 aromatic carbocycles. The molecule has 3 nitrogen and oxygen atoms in total. The lowest BCUT2D eigenvalue weighted by Crippen LogP contribution is -2.44. The van der Waals surface area contributed by atoms with E-state index in [1.165, 1.54) is 0 Å². The van der Waals surface area contributed by atoms with E-state index in [4.69, 9.17) is 8.85 Å². The van der Waals surface area contributed by atoms with Crippen LogP contribution in [-0.4, -0.2) is 21.7 Å². The molecule has 0 aromatic heterocycles. The Hall–Kier alpha value is -0.946. The van der Waals surface area contributed by atoms with Crippen LogP contribution in [0, 0.1) is 0 Å². The zero-order chi connectivity index (χ0) is 18.3. The van der Waals surface area contributed by atoms with Crippen LogP contribution >= 0.6 is 0 Å². The first-order valence-electron chi connectivity index (χ1n) is 8.27. The first kappa shape index (κ1) is 20.1. The van der Waals surface area contributed by atoms with Crippen molar-refractivity contribution in [2.45, 2.75) is 77.8 Å². The summed E-state index contributed by atoms with van der Waals surface area (Å²) in [5, 5.41) is 10.3. The van der Waals surface area contributed by atoms with Gasteiger partial charge < -0.3 is 14.0 Å². The lowest BCUT2D eigenvalue weighted by Gasteiger charge is -2.38. The van der Waals surface area contributed by atoms with Crippen LogP contribution in [0.4, 0.5) is 0 Å². The standard InChI is InChI=1S/C18H34O3Si2/c1-17(2,3)22(7,8)20-15-11-14(19)12-16(13-15)21-23(9,10)18(4,5)6/h11-13,19H,1-10H3. The second kappa shape index (κ2) is 6.17. The number of phenolic OH excluding ortho intramolecular Hbond substituents is 1. The summed E-state index contributed by atoms with van der Waals surface area (Å²) in [7, 11) is -3.88. The van der Waals surface area contributed by atoms with Gasteiger partial charge in [0.1, 0.15) is 17.2 Å². The average molecular weight is 355 g/mol. The lowest BCUT2D eigenvalue weighted by molar-refractivity contribution is 0.446. The monoisotopic (exact) mass is 354 g/mol. The van der Waals surface area contributed by atoms with Crippen LogP contribution in [0.15, 0.2) is 18.2 Å².